The van der Waals surface area contributed by atoms with Crippen molar-refractivity contribution in [2.24, 2.45) is 11.8 Å². The zero-order chi connectivity index (χ0) is 13.7. The Morgan fingerprint density at radius 2 is 1.95 bits per heavy atom. The van der Waals surface area contributed by atoms with Gasteiger partial charge in [0.25, 0.3) is 0 Å². The SMILES string of the molecule is CCCNC(C(CC)CC)C1CCOC2(CCC2)C1. The van der Waals surface area contributed by atoms with E-state index in [-0.39, 0.29) is 0 Å². The van der Waals surface area contributed by atoms with E-state index in [4.69, 9.17) is 4.74 Å². The molecule has 0 aromatic rings. The van der Waals surface area contributed by atoms with Crippen LogP contribution in [-0.4, -0.2) is 24.8 Å². The third-order valence-electron chi connectivity index (χ3n) is 5.49. The van der Waals surface area contributed by atoms with Gasteiger partial charge in [0.1, 0.15) is 0 Å². The zero-order valence-electron chi connectivity index (χ0n) is 13.2. The molecule has 112 valence electrons. The van der Waals surface area contributed by atoms with Crippen LogP contribution in [0.3, 0.4) is 0 Å². The molecule has 0 aromatic carbocycles. The van der Waals surface area contributed by atoms with Crippen molar-refractivity contribution in [1.29, 1.82) is 0 Å². The molecule has 1 saturated heterocycles. The number of rotatable bonds is 7. The minimum Gasteiger partial charge on any atom is -0.375 e. The van der Waals surface area contributed by atoms with Gasteiger partial charge < -0.3 is 10.1 Å². The fraction of sp³-hybridized carbons (Fsp3) is 1.00. The summed E-state index contributed by atoms with van der Waals surface area (Å²) in [4.78, 5) is 0. The predicted molar refractivity (Wildman–Crippen MR) is 81.4 cm³/mol. The van der Waals surface area contributed by atoms with Crippen LogP contribution in [-0.2, 0) is 4.74 Å². The van der Waals surface area contributed by atoms with E-state index in [0.717, 1.165) is 24.5 Å². The Bertz CT molecular complexity index is 258. The highest BCUT2D eigenvalue weighted by Gasteiger charge is 2.44. The van der Waals surface area contributed by atoms with Crippen molar-refractivity contribution in [3.8, 4) is 0 Å². The number of hydrogen-bond donors (Lipinski definition) is 1. The monoisotopic (exact) mass is 267 g/mol. The summed E-state index contributed by atoms with van der Waals surface area (Å²) in [7, 11) is 0. The third kappa shape index (κ3) is 3.52. The first-order chi connectivity index (χ1) is 9.24. The van der Waals surface area contributed by atoms with Crippen molar-refractivity contribution in [2.45, 2.75) is 83.8 Å². The molecule has 2 nitrogen and oxygen atoms in total. The molecule has 0 amide bonds. The Kier molecular flexibility index (Phi) is 5.70. The van der Waals surface area contributed by atoms with Crippen molar-refractivity contribution in [3.05, 3.63) is 0 Å². The molecule has 2 heteroatoms. The van der Waals surface area contributed by atoms with Crippen LogP contribution in [0.2, 0.25) is 0 Å². The second-order valence-corrected chi connectivity index (χ2v) is 6.69. The Morgan fingerprint density at radius 3 is 2.47 bits per heavy atom. The summed E-state index contributed by atoms with van der Waals surface area (Å²) in [6.45, 7) is 9.15. The molecule has 1 saturated carbocycles. The van der Waals surface area contributed by atoms with E-state index in [1.54, 1.807) is 0 Å². The Morgan fingerprint density at radius 1 is 1.21 bits per heavy atom. The van der Waals surface area contributed by atoms with Gasteiger partial charge in [0.05, 0.1) is 5.60 Å². The highest BCUT2D eigenvalue weighted by Crippen LogP contribution is 2.46. The van der Waals surface area contributed by atoms with Crippen LogP contribution in [0.4, 0.5) is 0 Å². The van der Waals surface area contributed by atoms with Crippen LogP contribution in [0, 0.1) is 11.8 Å². The molecule has 2 atom stereocenters. The van der Waals surface area contributed by atoms with Crippen LogP contribution in [0.5, 0.6) is 0 Å². The molecule has 1 heterocycles. The Hall–Kier alpha value is -0.0800. The highest BCUT2D eigenvalue weighted by atomic mass is 16.5. The summed E-state index contributed by atoms with van der Waals surface area (Å²) in [6, 6.07) is 0.719. The quantitative estimate of drug-likeness (QED) is 0.748. The summed E-state index contributed by atoms with van der Waals surface area (Å²) >= 11 is 0. The molecule has 19 heavy (non-hydrogen) atoms. The molecule has 0 bridgehead atoms. The summed E-state index contributed by atoms with van der Waals surface area (Å²) in [6.07, 6.45) is 10.4. The molecule has 1 aliphatic heterocycles. The topological polar surface area (TPSA) is 21.3 Å². The van der Waals surface area contributed by atoms with Gasteiger partial charge in [-0.1, -0.05) is 33.6 Å². The predicted octanol–water partition coefficient (Wildman–Crippen LogP) is 4.14. The molecule has 2 aliphatic rings. The smallest absolute Gasteiger partial charge is 0.0685 e. The van der Waals surface area contributed by atoms with E-state index >= 15 is 0 Å². The maximum Gasteiger partial charge on any atom is 0.0685 e. The molecule has 1 N–H and O–H groups in total. The molecule has 2 rings (SSSR count). The highest BCUT2D eigenvalue weighted by molar-refractivity contribution is 4.97. The molecule has 2 fully saturated rings. The molecule has 0 radical (unpaired) electrons. The molecule has 0 aromatic heterocycles. The second kappa shape index (κ2) is 7.08. The minimum absolute atomic E-state index is 0.293. The first-order valence-corrected chi connectivity index (χ1v) is 8.62. The van der Waals surface area contributed by atoms with E-state index in [2.05, 4.69) is 26.1 Å². The lowest BCUT2D eigenvalue weighted by Crippen LogP contribution is -2.52. The van der Waals surface area contributed by atoms with Gasteiger partial charge in [0.2, 0.25) is 0 Å². The second-order valence-electron chi connectivity index (χ2n) is 6.69. The van der Waals surface area contributed by atoms with Crippen molar-refractivity contribution in [1.82, 2.24) is 5.32 Å². The molecule has 1 spiro atoms. The fourth-order valence-electron chi connectivity index (χ4n) is 4.12. The summed E-state index contributed by atoms with van der Waals surface area (Å²) in [5.74, 6) is 1.68. The van der Waals surface area contributed by atoms with Gasteiger partial charge in [0.15, 0.2) is 0 Å². The summed E-state index contributed by atoms with van der Waals surface area (Å²) in [5.41, 5.74) is 0.293. The largest absolute Gasteiger partial charge is 0.375 e. The molecule has 1 aliphatic carbocycles. The van der Waals surface area contributed by atoms with E-state index < -0.39 is 0 Å². The van der Waals surface area contributed by atoms with Gasteiger partial charge in [-0.05, 0) is 56.9 Å². The van der Waals surface area contributed by atoms with Gasteiger partial charge in [-0.25, -0.2) is 0 Å². The average Bonchev–Trinajstić information content (AvgIpc) is 2.42. The van der Waals surface area contributed by atoms with Crippen LogP contribution in [0.25, 0.3) is 0 Å². The van der Waals surface area contributed by atoms with Gasteiger partial charge in [0, 0.05) is 12.6 Å². The number of ether oxygens (including phenoxy) is 1. The van der Waals surface area contributed by atoms with Gasteiger partial charge in [-0.15, -0.1) is 0 Å². The third-order valence-corrected chi connectivity index (χ3v) is 5.49. The zero-order valence-corrected chi connectivity index (χ0v) is 13.2. The average molecular weight is 267 g/mol. The standard InChI is InChI=1S/C17H33NO/c1-4-11-18-16(14(5-2)6-3)15-8-12-19-17(13-15)9-7-10-17/h14-16,18H,4-13H2,1-3H3. The molecule has 2 unspecified atom stereocenters. The molecular weight excluding hydrogens is 234 g/mol. The van der Waals surface area contributed by atoms with E-state index in [9.17, 15) is 0 Å². The van der Waals surface area contributed by atoms with Gasteiger partial charge in [-0.2, -0.15) is 0 Å². The first kappa shape index (κ1) is 15.3. The van der Waals surface area contributed by atoms with Crippen LogP contribution >= 0.6 is 0 Å². The van der Waals surface area contributed by atoms with Crippen LogP contribution < -0.4 is 5.32 Å². The lowest BCUT2D eigenvalue weighted by atomic mass is 9.68. The van der Waals surface area contributed by atoms with Crippen LogP contribution in [0.1, 0.15) is 72.1 Å². The Balaban J connectivity index is 1.99. The molecular formula is C17H33NO. The van der Waals surface area contributed by atoms with E-state index in [0.29, 0.717) is 5.60 Å². The summed E-state index contributed by atoms with van der Waals surface area (Å²) < 4.78 is 6.11. The Labute approximate surface area is 119 Å². The van der Waals surface area contributed by atoms with E-state index in [1.807, 2.05) is 0 Å². The minimum atomic E-state index is 0.293. The van der Waals surface area contributed by atoms with Gasteiger partial charge in [-0.3, -0.25) is 0 Å². The maximum atomic E-state index is 6.11. The summed E-state index contributed by atoms with van der Waals surface area (Å²) in [5, 5.41) is 3.87. The van der Waals surface area contributed by atoms with E-state index in [1.165, 1.54) is 57.9 Å². The lowest BCUT2D eigenvalue weighted by Gasteiger charge is -2.50. The first-order valence-electron chi connectivity index (χ1n) is 8.62. The number of nitrogens with one attached hydrogen (secondary N) is 1. The normalized spacial score (nSPS) is 27.5. The van der Waals surface area contributed by atoms with Crippen molar-refractivity contribution >= 4 is 0 Å². The van der Waals surface area contributed by atoms with Crippen LogP contribution in [0.15, 0.2) is 0 Å². The van der Waals surface area contributed by atoms with Crippen molar-refractivity contribution in [2.75, 3.05) is 13.2 Å². The maximum absolute atomic E-state index is 6.11. The number of hydrogen-bond acceptors (Lipinski definition) is 2. The van der Waals surface area contributed by atoms with Crippen molar-refractivity contribution < 1.29 is 4.74 Å². The fourth-order valence-corrected chi connectivity index (χ4v) is 4.12. The lowest BCUT2D eigenvalue weighted by molar-refractivity contribution is -0.149. The van der Waals surface area contributed by atoms with Gasteiger partial charge >= 0.3 is 0 Å². The van der Waals surface area contributed by atoms with Crippen molar-refractivity contribution in [3.63, 3.8) is 0 Å².